The SMILES string of the molecule is c1cc(-c2c[nH]c([C@@H]3CCCN3)n2)ccc1-c1ccc(-c2noc([C@@H]3CCCN3)n2)cc1. The Morgan fingerprint density at radius 1 is 0.719 bits per heavy atom. The highest BCUT2D eigenvalue weighted by atomic mass is 16.5. The third kappa shape index (κ3) is 3.74. The minimum atomic E-state index is 0.189. The lowest BCUT2D eigenvalue weighted by molar-refractivity contribution is 0.345. The van der Waals surface area contributed by atoms with Crippen molar-refractivity contribution in [3.63, 3.8) is 0 Å². The molecule has 0 radical (unpaired) electrons. The van der Waals surface area contributed by atoms with E-state index >= 15 is 0 Å². The van der Waals surface area contributed by atoms with Crippen molar-refractivity contribution in [3.8, 4) is 33.8 Å². The average Bonchev–Trinajstić information content (AvgIpc) is 3.66. The summed E-state index contributed by atoms with van der Waals surface area (Å²) in [6.07, 6.45) is 6.55. The maximum absolute atomic E-state index is 5.47. The van der Waals surface area contributed by atoms with Crippen LogP contribution in [0.5, 0.6) is 0 Å². The van der Waals surface area contributed by atoms with Crippen molar-refractivity contribution < 1.29 is 4.52 Å². The number of nitrogens with zero attached hydrogens (tertiary/aromatic N) is 3. The molecule has 2 saturated heterocycles. The van der Waals surface area contributed by atoms with Crippen molar-refractivity contribution >= 4 is 0 Å². The molecular weight excluding hydrogens is 400 g/mol. The summed E-state index contributed by atoms with van der Waals surface area (Å²) in [7, 11) is 0. The van der Waals surface area contributed by atoms with E-state index in [4.69, 9.17) is 9.51 Å². The molecule has 0 unspecified atom stereocenters. The maximum atomic E-state index is 5.47. The van der Waals surface area contributed by atoms with Gasteiger partial charge in [-0.1, -0.05) is 53.7 Å². The fourth-order valence-electron chi connectivity index (χ4n) is 4.62. The highest BCUT2D eigenvalue weighted by Gasteiger charge is 2.23. The van der Waals surface area contributed by atoms with Crippen LogP contribution < -0.4 is 10.6 Å². The van der Waals surface area contributed by atoms with Crippen molar-refractivity contribution in [1.82, 2.24) is 30.7 Å². The Morgan fingerprint density at radius 3 is 2.00 bits per heavy atom. The van der Waals surface area contributed by atoms with E-state index in [1.165, 1.54) is 6.42 Å². The van der Waals surface area contributed by atoms with Gasteiger partial charge in [-0.25, -0.2) is 4.98 Å². The molecule has 0 spiro atoms. The van der Waals surface area contributed by atoms with Gasteiger partial charge in [-0.2, -0.15) is 4.98 Å². The molecule has 3 N–H and O–H groups in total. The predicted molar refractivity (Wildman–Crippen MR) is 123 cm³/mol. The molecule has 0 aliphatic carbocycles. The molecule has 7 heteroatoms. The maximum Gasteiger partial charge on any atom is 0.244 e. The number of nitrogens with one attached hydrogen (secondary N) is 3. The van der Waals surface area contributed by atoms with Crippen molar-refractivity contribution in [3.05, 3.63) is 66.4 Å². The normalized spacial score (nSPS) is 20.8. The number of imidazole rings is 1. The monoisotopic (exact) mass is 426 g/mol. The minimum absolute atomic E-state index is 0.189. The quantitative estimate of drug-likeness (QED) is 0.431. The van der Waals surface area contributed by atoms with Crippen LogP contribution in [0.2, 0.25) is 0 Å². The van der Waals surface area contributed by atoms with Gasteiger partial charge in [0.05, 0.1) is 17.8 Å². The summed E-state index contributed by atoms with van der Waals surface area (Å²) < 4.78 is 5.47. The van der Waals surface area contributed by atoms with E-state index in [2.05, 4.69) is 74.3 Å². The number of aromatic nitrogens is 4. The highest BCUT2D eigenvalue weighted by molar-refractivity contribution is 5.70. The number of rotatable bonds is 5. The summed E-state index contributed by atoms with van der Waals surface area (Å²) in [6.45, 7) is 2.08. The van der Waals surface area contributed by atoms with E-state index in [1.807, 2.05) is 6.20 Å². The van der Waals surface area contributed by atoms with Crippen LogP contribution in [-0.2, 0) is 0 Å². The summed E-state index contributed by atoms with van der Waals surface area (Å²) >= 11 is 0. The van der Waals surface area contributed by atoms with E-state index in [1.54, 1.807) is 0 Å². The first kappa shape index (κ1) is 19.4. The smallest absolute Gasteiger partial charge is 0.244 e. The van der Waals surface area contributed by atoms with Gasteiger partial charge in [0.1, 0.15) is 5.82 Å². The number of benzene rings is 2. The molecule has 0 saturated carbocycles. The van der Waals surface area contributed by atoms with Gasteiger partial charge in [-0.05, 0) is 49.9 Å². The molecule has 0 bridgehead atoms. The second kappa shape index (κ2) is 8.33. The fraction of sp³-hybridized carbons (Fsp3) is 0.320. The van der Waals surface area contributed by atoms with Gasteiger partial charge in [-0.15, -0.1) is 0 Å². The lowest BCUT2D eigenvalue weighted by Crippen LogP contribution is -2.14. The summed E-state index contributed by atoms with van der Waals surface area (Å²) in [5, 5.41) is 11.1. The van der Waals surface area contributed by atoms with Gasteiger partial charge in [0.25, 0.3) is 0 Å². The second-order valence-corrected chi connectivity index (χ2v) is 8.58. The summed E-state index contributed by atoms with van der Waals surface area (Å²) in [5.74, 6) is 2.36. The van der Waals surface area contributed by atoms with Crippen molar-refractivity contribution in [1.29, 1.82) is 0 Å². The first-order valence-electron chi connectivity index (χ1n) is 11.4. The molecule has 7 nitrogen and oxygen atoms in total. The molecule has 2 aliphatic heterocycles. The molecule has 2 atom stereocenters. The van der Waals surface area contributed by atoms with E-state index in [0.717, 1.165) is 66.1 Å². The molecule has 32 heavy (non-hydrogen) atoms. The Labute approximate surface area is 186 Å². The molecule has 4 heterocycles. The molecule has 4 aromatic rings. The van der Waals surface area contributed by atoms with Crippen LogP contribution in [0.3, 0.4) is 0 Å². The van der Waals surface area contributed by atoms with E-state index in [9.17, 15) is 0 Å². The lowest BCUT2D eigenvalue weighted by Gasteiger charge is -2.05. The van der Waals surface area contributed by atoms with Gasteiger partial charge < -0.3 is 20.1 Å². The van der Waals surface area contributed by atoms with Crippen LogP contribution in [-0.4, -0.2) is 33.2 Å². The zero-order chi connectivity index (χ0) is 21.3. The molecule has 2 aromatic carbocycles. The van der Waals surface area contributed by atoms with Gasteiger partial charge in [0.2, 0.25) is 11.7 Å². The van der Waals surface area contributed by atoms with Gasteiger partial charge in [-0.3, -0.25) is 0 Å². The number of hydrogen-bond donors (Lipinski definition) is 3. The Hall–Kier alpha value is -3.29. The molecule has 0 amide bonds. The van der Waals surface area contributed by atoms with E-state index in [0.29, 0.717) is 17.8 Å². The molecule has 2 fully saturated rings. The van der Waals surface area contributed by atoms with Crippen molar-refractivity contribution in [2.45, 2.75) is 37.8 Å². The van der Waals surface area contributed by atoms with Crippen LogP contribution in [0.15, 0.2) is 59.3 Å². The molecule has 6 rings (SSSR count). The number of H-pyrrole nitrogens is 1. The van der Waals surface area contributed by atoms with Crippen LogP contribution in [0, 0.1) is 0 Å². The molecule has 2 aromatic heterocycles. The van der Waals surface area contributed by atoms with E-state index < -0.39 is 0 Å². The van der Waals surface area contributed by atoms with E-state index in [-0.39, 0.29) is 6.04 Å². The zero-order valence-electron chi connectivity index (χ0n) is 17.8. The van der Waals surface area contributed by atoms with Crippen LogP contribution >= 0.6 is 0 Å². The zero-order valence-corrected chi connectivity index (χ0v) is 17.8. The topological polar surface area (TPSA) is 91.7 Å². The lowest BCUT2D eigenvalue weighted by atomic mass is 10.0. The fourth-order valence-corrected chi connectivity index (χ4v) is 4.62. The Kier molecular flexibility index (Phi) is 5.05. The molecule has 2 aliphatic rings. The number of hydrogen-bond acceptors (Lipinski definition) is 6. The van der Waals surface area contributed by atoms with Gasteiger partial charge in [0.15, 0.2) is 0 Å². The predicted octanol–water partition coefficient (Wildman–Crippen LogP) is 4.64. The summed E-state index contributed by atoms with van der Waals surface area (Å²) in [6, 6.07) is 17.4. The van der Waals surface area contributed by atoms with Gasteiger partial charge in [0, 0.05) is 17.3 Å². The van der Waals surface area contributed by atoms with Gasteiger partial charge >= 0.3 is 0 Å². The molecular formula is C25H26N6O. The Morgan fingerprint density at radius 2 is 1.34 bits per heavy atom. The van der Waals surface area contributed by atoms with Crippen molar-refractivity contribution in [2.24, 2.45) is 0 Å². The first-order valence-corrected chi connectivity index (χ1v) is 11.4. The highest BCUT2D eigenvalue weighted by Crippen LogP contribution is 2.29. The first-order chi connectivity index (χ1) is 15.8. The number of aromatic amines is 1. The average molecular weight is 427 g/mol. The Balaban J connectivity index is 1.17. The largest absolute Gasteiger partial charge is 0.347 e. The minimum Gasteiger partial charge on any atom is -0.347 e. The van der Waals surface area contributed by atoms with Crippen LogP contribution in [0.25, 0.3) is 33.8 Å². The third-order valence-corrected chi connectivity index (χ3v) is 6.45. The second-order valence-electron chi connectivity index (χ2n) is 8.58. The van der Waals surface area contributed by atoms with Crippen LogP contribution in [0.1, 0.15) is 49.5 Å². The molecule has 162 valence electrons. The summed E-state index contributed by atoms with van der Waals surface area (Å²) in [4.78, 5) is 12.7. The Bertz CT molecular complexity index is 1090. The summed E-state index contributed by atoms with van der Waals surface area (Å²) in [5.41, 5.74) is 5.38. The third-order valence-electron chi connectivity index (χ3n) is 6.45. The van der Waals surface area contributed by atoms with Crippen LogP contribution in [0.4, 0.5) is 0 Å². The van der Waals surface area contributed by atoms with Crippen molar-refractivity contribution in [2.75, 3.05) is 13.1 Å². The standard InChI is InChI=1S/C25H26N6O/c1-3-20(26-13-1)24-28-15-22(29-24)18-9-5-16(6-10-18)17-7-11-19(12-8-17)23-30-25(32-31-23)21-4-2-14-27-21/h5-12,15,20-21,26-27H,1-4,13-14H2,(H,28,29)/t20-,21-/m0/s1.